The van der Waals surface area contributed by atoms with Crippen LogP contribution in [0.4, 0.5) is 32.0 Å². The van der Waals surface area contributed by atoms with Crippen molar-refractivity contribution in [2.24, 2.45) is 16.8 Å². The number of benzodiazepines with no additional fused rings is 1. The summed E-state index contributed by atoms with van der Waals surface area (Å²) >= 11 is 0. The van der Waals surface area contributed by atoms with Crippen molar-refractivity contribution in [2.75, 3.05) is 51.8 Å². The van der Waals surface area contributed by atoms with E-state index in [1.807, 2.05) is 11.9 Å². The maximum Gasteiger partial charge on any atom is 0.389 e. The van der Waals surface area contributed by atoms with E-state index in [1.165, 1.54) is 11.9 Å². The number of aliphatic imine (C=N–C) groups is 1. The number of amides is 3. The van der Waals surface area contributed by atoms with Crippen molar-refractivity contribution in [1.82, 2.24) is 20.4 Å². The maximum absolute atomic E-state index is 13.8. The molecule has 2 aliphatic rings. The number of alkyl halides is 6. The number of hydrogen-bond acceptors (Lipinski definition) is 6. The molecule has 2 aromatic rings. The second-order valence-electron chi connectivity index (χ2n) is 11.8. The molecule has 47 heavy (non-hydrogen) atoms. The highest BCUT2D eigenvalue weighted by molar-refractivity contribution is 6.20. The molecule has 0 spiro atoms. The Hall–Kier alpha value is -3.98. The summed E-state index contributed by atoms with van der Waals surface area (Å²) in [7, 11) is 3.36. The molecular weight excluding hydrogens is 630 g/mol. The summed E-state index contributed by atoms with van der Waals surface area (Å²) in [5.74, 6) is -6.48. The van der Waals surface area contributed by atoms with Crippen molar-refractivity contribution in [2.45, 2.75) is 44.2 Å². The zero-order valence-electron chi connectivity index (χ0n) is 26.1. The molecule has 2 aliphatic heterocycles. The molecule has 0 radical (unpaired) electrons. The lowest BCUT2D eigenvalue weighted by Crippen LogP contribution is -2.52. The van der Waals surface area contributed by atoms with Gasteiger partial charge in [-0.1, -0.05) is 48.5 Å². The Bertz CT molecular complexity index is 1430. The van der Waals surface area contributed by atoms with E-state index >= 15 is 0 Å². The summed E-state index contributed by atoms with van der Waals surface area (Å²) in [4.78, 5) is 50.5. The Kier molecular flexibility index (Phi) is 11.7. The van der Waals surface area contributed by atoms with Crippen LogP contribution in [0.5, 0.6) is 0 Å². The van der Waals surface area contributed by atoms with Gasteiger partial charge >= 0.3 is 12.4 Å². The molecule has 2 N–H and O–H groups in total. The minimum atomic E-state index is -4.76. The van der Waals surface area contributed by atoms with E-state index in [4.69, 9.17) is 0 Å². The van der Waals surface area contributed by atoms with Crippen LogP contribution in [0.2, 0.25) is 0 Å². The smallest absolute Gasteiger partial charge is 0.343 e. The average Bonchev–Trinajstić information content (AvgIpc) is 3.12. The molecule has 0 aromatic heterocycles. The van der Waals surface area contributed by atoms with Gasteiger partial charge in [-0.15, -0.1) is 0 Å². The lowest BCUT2D eigenvalue weighted by Gasteiger charge is -2.33. The van der Waals surface area contributed by atoms with Crippen LogP contribution in [0, 0.1) is 11.8 Å². The first-order valence-corrected chi connectivity index (χ1v) is 15.3. The predicted molar refractivity (Wildman–Crippen MR) is 164 cm³/mol. The van der Waals surface area contributed by atoms with Crippen molar-refractivity contribution < 1.29 is 40.7 Å². The molecule has 0 unspecified atom stereocenters. The van der Waals surface area contributed by atoms with Crippen molar-refractivity contribution >= 4 is 29.1 Å². The molecule has 1 fully saturated rings. The van der Waals surface area contributed by atoms with Gasteiger partial charge in [-0.2, -0.15) is 26.3 Å². The van der Waals surface area contributed by atoms with Crippen LogP contribution in [0.25, 0.3) is 0 Å². The molecule has 3 atom stereocenters. The molecule has 0 aliphatic carbocycles. The Morgan fingerprint density at radius 3 is 1.98 bits per heavy atom. The van der Waals surface area contributed by atoms with Gasteiger partial charge in [0.2, 0.25) is 18.0 Å². The Morgan fingerprint density at radius 1 is 0.830 bits per heavy atom. The lowest BCUT2D eigenvalue weighted by atomic mass is 9.83. The summed E-state index contributed by atoms with van der Waals surface area (Å²) < 4.78 is 80.5. The number of carbonyl (C=O) groups excluding carboxylic acids is 3. The lowest BCUT2D eigenvalue weighted by molar-refractivity contribution is -0.153. The third-order valence-electron chi connectivity index (χ3n) is 8.38. The van der Waals surface area contributed by atoms with Gasteiger partial charge < -0.3 is 20.4 Å². The summed E-state index contributed by atoms with van der Waals surface area (Å²) in [6, 6.07) is 15.5. The van der Waals surface area contributed by atoms with Gasteiger partial charge in [-0.05, 0) is 26.0 Å². The number of carbonyl (C=O) groups is 3. The van der Waals surface area contributed by atoms with Gasteiger partial charge in [0.1, 0.15) is 0 Å². The van der Waals surface area contributed by atoms with E-state index in [-0.39, 0.29) is 6.67 Å². The molecule has 4 rings (SSSR count). The normalized spacial score (nSPS) is 19.3. The Balaban J connectivity index is 1.66. The number of fused-ring (bicyclic) bond motifs is 1. The Labute approximate surface area is 269 Å². The molecule has 0 saturated carbocycles. The van der Waals surface area contributed by atoms with Gasteiger partial charge in [0.05, 0.1) is 18.1 Å². The van der Waals surface area contributed by atoms with Gasteiger partial charge in [0.15, 0.2) is 0 Å². The number of nitrogens with zero attached hydrogens (tertiary/aromatic N) is 4. The van der Waals surface area contributed by atoms with Crippen molar-refractivity contribution in [1.29, 1.82) is 0 Å². The van der Waals surface area contributed by atoms with Crippen molar-refractivity contribution in [3.8, 4) is 0 Å². The standard InChI is InChI=1S/C32H38F6N6O3/c1-42-16-18-44(19-17-42)20-39-28(45)22(12-14-31(33,34)35)23(13-15-32(36,37)38)29(46)41-27-30(47)43(2)25-11-7-6-10-24(25)26(40-27)21-8-4-3-5-9-21/h3-11,22-23,27H,12-20H2,1-2H3,(H,39,45)(H,41,46)/t22-,23+,27+/m0/s1. The number of benzene rings is 2. The van der Waals surface area contributed by atoms with Crippen LogP contribution in [0.1, 0.15) is 36.8 Å². The first-order valence-electron chi connectivity index (χ1n) is 15.3. The number of anilines is 1. The van der Waals surface area contributed by atoms with E-state index in [0.717, 1.165) is 0 Å². The SMILES string of the molecule is CN1CCN(CNC(=O)[C@@H](CCC(F)(F)F)[C@@H](CCC(F)(F)F)C(=O)N[C@H]2N=C(c3ccccc3)c3ccccc3N(C)C2=O)CC1. The monoisotopic (exact) mass is 668 g/mol. The molecular formula is C32H38F6N6O3. The minimum Gasteiger partial charge on any atom is -0.343 e. The van der Waals surface area contributed by atoms with E-state index in [2.05, 4.69) is 20.5 Å². The maximum atomic E-state index is 13.8. The number of halogens is 6. The number of rotatable bonds is 11. The molecule has 15 heteroatoms. The highest BCUT2D eigenvalue weighted by Gasteiger charge is 2.42. The van der Waals surface area contributed by atoms with Gasteiger partial charge in [-0.25, -0.2) is 4.99 Å². The first kappa shape index (κ1) is 35.9. The summed E-state index contributed by atoms with van der Waals surface area (Å²) in [5.41, 5.74) is 1.90. The quantitative estimate of drug-likeness (QED) is 0.351. The number of likely N-dealkylation sites (N-methyl/N-ethyl adjacent to an activating group) is 2. The third kappa shape index (κ3) is 10.0. The van der Waals surface area contributed by atoms with Crippen LogP contribution in [0.15, 0.2) is 59.6 Å². The minimum absolute atomic E-state index is 0.0440. The third-order valence-corrected chi connectivity index (χ3v) is 8.38. The van der Waals surface area contributed by atoms with Crippen LogP contribution >= 0.6 is 0 Å². The van der Waals surface area contributed by atoms with E-state index in [0.29, 0.717) is 48.7 Å². The first-order chi connectivity index (χ1) is 22.1. The number of nitrogens with one attached hydrogen (secondary N) is 2. The molecule has 2 heterocycles. The van der Waals surface area contributed by atoms with Crippen LogP contribution < -0.4 is 15.5 Å². The second-order valence-corrected chi connectivity index (χ2v) is 11.8. The van der Waals surface area contributed by atoms with E-state index in [1.54, 1.807) is 54.6 Å². The highest BCUT2D eigenvalue weighted by atomic mass is 19.4. The van der Waals surface area contributed by atoms with Gasteiger partial charge in [-0.3, -0.25) is 19.3 Å². The largest absolute Gasteiger partial charge is 0.389 e. The molecule has 1 saturated heterocycles. The van der Waals surface area contributed by atoms with Crippen LogP contribution in [0.3, 0.4) is 0 Å². The molecule has 256 valence electrons. The van der Waals surface area contributed by atoms with Gasteiger partial charge in [0.25, 0.3) is 5.91 Å². The summed E-state index contributed by atoms with van der Waals surface area (Å²) in [6.07, 6.45) is -16.0. The molecule has 0 bridgehead atoms. The second kappa shape index (κ2) is 15.3. The summed E-state index contributed by atoms with van der Waals surface area (Å²) in [6.45, 7) is 2.44. The molecule has 9 nitrogen and oxygen atoms in total. The number of para-hydroxylation sites is 1. The highest BCUT2D eigenvalue weighted by Crippen LogP contribution is 2.33. The average molecular weight is 669 g/mol. The van der Waals surface area contributed by atoms with E-state index < -0.39 is 73.8 Å². The predicted octanol–water partition coefficient (Wildman–Crippen LogP) is 4.18. The fourth-order valence-corrected chi connectivity index (χ4v) is 5.68. The zero-order chi connectivity index (χ0) is 34.4. The van der Waals surface area contributed by atoms with Crippen LogP contribution in [-0.2, 0) is 14.4 Å². The fraction of sp³-hybridized carbons (Fsp3) is 0.500. The van der Waals surface area contributed by atoms with Crippen LogP contribution in [-0.4, -0.2) is 98.7 Å². The Morgan fingerprint density at radius 2 is 1.38 bits per heavy atom. The zero-order valence-corrected chi connectivity index (χ0v) is 26.1. The number of piperazine rings is 1. The topological polar surface area (TPSA) is 97.3 Å². The van der Waals surface area contributed by atoms with Crippen molar-refractivity contribution in [3.05, 3.63) is 65.7 Å². The number of hydrogen-bond donors (Lipinski definition) is 2. The van der Waals surface area contributed by atoms with E-state index in [9.17, 15) is 40.7 Å². The van der Waals surface area contributed by atoms with Gasteiger partial charge in [0, 0.05) is 69.0 Å². The van der Waals surface area contributed by atoms with Crippen molar-refractivity contribution in [3.63, 3.8) is 0 Å². The fourth-order valence-electron chi connectivity index (χ4n) is 5.68. The molecule has 2 aromatic carbocycles. The summed E-state index contributed by atoms with van der Waals surface area (Å²) in [5, 5.41) is 4.93. The molecule has 3 amide bonds.